The van der Waals surface area contributed by atoms with Crippen molar-refractivity contribution in [2.45, 2.75) is 40.2 Å². The fraction of sp³-hybridized carbons (Fsp3) is 0.833. The zero-order valence-electron chi connectivity index (χ0n) is 9.20. The average Bonchev–Trinajstić information content (AvgIpc) is 2.12. The van der Waals surface area contributed by atoms with Crippen molar-refractivity contribution in [3.63, 3.8) is 0 Å². The second-order valence-electron chi connectivity index (χ2n) is 4.52. The van der Waals surface area contributed by atoms with Gasteiger partial charge in [-0.25, -0.2) is 0 Å². The van der Waals surface area contributed by atoms with Crippen LogP contribution in [0.25, 0.3) is 0 Å². The molecule has 1 N–H and O–H groups in total. The molecule has 0 aromatic rings. The lowest BCUT2D eigenvalue weighted by molar-refractivity contribution is 0.0366. The van der Waals surface area contributed by atoms with Crippen LogP contribution in [0.1, 0.15) is 34.1 Å². The molecule has 76 valence electrons. The van der Waals surface area contributed by atoms with Crippen molar-refractivity contribution in [3.8, 4) is 0 Å². The highest BCUT2D eigenvalue weighted by Gasteiger charge is 2.33. The molecule has 0 spiro atoms. The third kappa shape index (κ3) is 2.14. The van der Waals surface area contributed by atoms with Crippen molar-refractivity contribution in [1.29, 1.82) is 0 Å². The van der Waals surface area contributed by atoms with Crippen LogP contribution in [0.15, 0.2) is 12.2 Å². The van der Waals surface area contributed by atoms with E-state index in [1.807, 2.05) is 0 Å². The van der Waals surface area contributed by atoms with Crippen LogP contribution in [0.5, 0.6) is 0 Å². The lowest BCUT2D eigenvalue weighted by Gasteiger charge is -2.37. The van der Waals surface area contributed by atoms with Gasteiger partial charge in [-0.2, -0.15) is 0 Å². The minimum Gasteiger partial charge on any atom is -0.393 e. The van der Waals surface area contributed by atoms with Gasteiger partial charge in [0, 0.05) is 0 Å². The monoisotopic (exact) mass is 182 g/mol. The summed E-state index contributed by atoms with van der Waals surface area (Å²) in [5, 5.41) is 9.91. The molecule has 0 amide bonds. The smallest absolute Gasteiger partial charge is 0.0574 e. The van der Waals surface area contributed by atoms with Crippen LogP contribution < -0.4 is 0 Å². The van der Waals surface area contributed by atoms with E-state index in [-0.39, 0.29) is 6.10 Å². The van der Waals surface area contributed by atoms with E-state index in [2.05, 4.69) is 39.8 Å². The topological polar surface area (TPSA) is 20.2 Å². The normalized spacial score (nSPS) is 41.9. The quantitative estimate of drug-likeness (QED) is 0.651. The molecule has 13 heavy (non-hydrogen) atoms. The lowest BCUT2D eigenvalue weighted by Crippen LogP contribution is -2.35. The zero-order valence-corrected chi connectivity index (χ0v) is 9.20. The molecule has 0 fully saturated rings. The van der Waals surface area contributed by atoms with Crippen molar-refractivity contribution in [3.05, 3.63) is 12.2 Å². The molecule has 1 nitrogen and oxygen atoms in total. The van der Waals surface area contributed by atoms with Gasteiger partial charge in [0.2, 0.25) is 0 Å². The molecule has 0 aliphatic heterocycles. The van der Waals surface area contributed by atoms with Gasteiger partial charge in [-0.3, -0.25) is 0 Å². The van der Waals surface area contributed by atoms with E-state index in [0.29, 0.717) is 23.7 Å². The molecule has 0 heterocycles. The Morgan fingerprint density at radius 1 is 1.15 bits per heavy atom. The van der Waals surface area contributed by atoms with E-state index in [1.165, 1.54) is 0 Å². The predicted octanol–water partition coefficient (Wildman–Crippen LogP) is 2.85. The molecule has 0 saturated carbocycles. The molecular formula is C12H22O. The maximum atomic E-state index is 9.91. The van der Waals surface area contributed by atoms with Crippen LogP contribution in [-0.4, -0.2) is 11.2 Å². The summed E-state index contributed by atoms with van der Waals surface area (Å²) >= 11 is 0. The zero-order chi connectivity index (χ0) is 10.0. The molecule has 1 heteroatoms. The molecule has 5 unspecified atom stereocenters. The van der Waals surface area contributed by atoms with E-state index < -0.39 is 0 Å². The summed E-state index contributed by atoms with van der Waals surface area (Å²) in [5.74, 6) is 2.20. The highest BCUT2D eigenvalue weighted by Crippen LogP contribution is 2.36. The number of aliphatic hydroxyl groups is 1. The van der Waals surface area contributed by atoms with Gasteiger partial charge in [0.25, 0.3) is 0 Å². The molecule has 0 aromatic heterocycles. The molecular weight excluding hydrogens is 160 g/mol. The first-order chi connectivity index (χ1) is 6.07. The van der Waals surface area contributed by atoms with Crippen LogP contribution >= 0.6 is 0 Å². The van der Waals surface area contributed by atoms with E-state index in [9.17, 15) is 5.11 Å². The summed E-state index contributed by atoms with van der Waals surface area (Å²) in [7, 11) is 0. The van der Waals surface area contributed by atoms with Gasteiger partial charge in [0.1, 0.15) is 0 Å². The molecule has 0 radical (unpaired) electrons. The van der Waals surface area contributed by atoms with Crippen molar-refractivity contribution in [1.82, 2.24) is 0 Å². The van der Waals surface area contributed by atoms with E-state index in [1.54, 1.807) is 0 Å². The fourth-order valence-corrected chi connectivity index (χ4v) is 2.46. The summed E-state index contributed by atoms with van der Waals surface area (Å²) in [6.07, 6.45) is 5.29. The molecule has 5 atom stereocenters. The molecule has 1 aliphatic rings. The van der Waals surface area contributed by atoms with Crippen LogP contribution in [0.3, 0.4) is 0 Å². The van der Waals surface area contributed by atoms with Crippen LogP contribution in [-0.2, 0) is 0 Å². The second kappa shape index (κ2) is 4.28. The van der Waals surface area contributed by atoms with E-state index in [0.717, 1.165) is 6.42 Å². The number of hydrogen-bond donors (Lipinski definition) is 1. The third-order valence-corrected chi connectivity index (χ3v) is 3.62. The minimum atomic E-state index is -0.127. The Morgan fingerprint density at radius 2 is 1.69 bits per heavy atom. The molecule has 0 aromatic carbocycles. The number of rotatable bonds is 2. The number of allylic oxidation sites excluding steroid dienone is 2. The summed E-state index contributed by atoms with van der Waals surface area (Å²) in [4.78, 5) is 0. The first-order valence-electron chi connectivity index (χ1n) is 5.44. The van der Waals surface area contributed by atoms with Gasteiger partial charge in [-0.1, -0.05) is 39.8 Å². The van der Waals surface area contributed by atoms with Crippen molar-refractivity contribution in [2.24, 2.45) is 23.7 Å². The average molecular weight is 182 g/mol. The molecule has 1 rings (SSSR count). The summed E-state index contributed by atoms with van der Waals surface area (Å²) in [5.41, 5.74) is 0. The maximum absolute atomic E-state index is 9.91. The van der Waals surface area contributed by atoms with Gasteiger partial charge in [0.15, 0.2) is 0 Å². The van der Waals surface area contributed by atoms with Gasteiger partial charge < -0.3 is 5.11 Å². The molecule has 1 aliphatic carbocycles. The molecule has 0 bridgehead atoms. The first-order valence-corrected chi connectivity index (χ1v) is 5.44. The van der Waals surface area contributed by atoms with Gasteiger partial charge in [0.05, 0.1) is 6.10 Å². The Morgan fingerprint density at radius 3 is 2.23 bits per heavy atom. The first kappa shape index (κ1) is 10.8. The standard InChI is InChI=1S/C12H22O/c1-5-11(13)12-9(3)7-6-8(2)10(12)4/h6-13H,5H2,1-4H3. The van der Waals surface area contributed by atoms with Gasteiger partial charge >= 0.3 is 0 Å². The summed E-state index contributed by atoms with van der Waals surface area (Å²) in [6, 6.07) is 0. The van der Waals surface area contributed by atoms with Crippen molar-refractivity contribution < 1.29 is 5.11 Å². The van der Waals surface area contributed by atoms with Crippen LogP contribution in [0.4, 0.5) is 0 Å². The van der Waals surface area contributed by atoms with Crippen LogP contribution in [0, 0.1) is 23.7 Å². The Balaban J connectivity index is 2.76. The minimum absolute atomic E-state index is 0.127. The summed E-state index contributed by atoms with van der Waals surface area (Å²) < 4.78 is 0. The fourth-order valence-electron chi connectivity index (χ4n) is 2.46. The highest BCUT2D eigenvalue weighted by molar-refractivity contribution is 5.03. The Hall–Kier alpha value is -0.300. The highest BCUT2D eigenvalue weighted by atomic mass is 16.3. The Kier molecular flexibility index (Phi) is 3.55. The van der Waals surface area contributed by atoms with Crippen molar-refractivity contribution >= 4 is 0 Å². The third-order valence-electron chi connectivity index (χ3n) is 3.62. The molecule has 0 saturated heterocycles. The SMILES string of the molecule is CCC(O)C1C(C)C=CC(C)C1C. The van der Waals surface area contributed by atoms with Gasteiger partial charge in [-0.05, 0) is 30.1 Å². The Bertz CT molecular complexity index is 186. The second-order valence-corrected chi connectivity index (χ2v) is 4.52. The predicted molar refractivity (Wildman–Crippen MR) is 56.4 cm³/mol. The summed E-state index contributed by atoms with van der Waals surface area (Å²) in [6.45, 7) is 8.77. The van der Waals surface area contributed by atoms with E-state index >= 15 is 0 Å². The number of aliphatic hydroxyl groups excluding tert-OH is 1. The van der Waals surface area contributed by atoms with Crippen molar-refractivity contribution in [2.75, 3.05) is 0 Å². The lowest BCUT2D eigenvalue weighted by atomic mass is 9.70. The maximum Gasteiger partial charge on any atom is 0.0574 e. The largest absolute Gasteiger partial charge is 0.393 e. The Labute approximate surface area is 81.9 Å². The number of hydrogen-bond acceptors (Lipinski definition) is 1. The van der Waals surface area contributed by atoms with Gasteiger partial charge in [-0.15, -0.1) is 0 Å². The van der Waals surface area contributed by atoms with E-state index in [4.69, 9.17) is 0 Å². The van der Waals surface area contributed by atoms with Crippen LogP contribution in [0.2, 0.25) is 0 Å².